The molecule has 0 aromatic carbocycles. The molecule has 1 unspecified atom stereocenters. The minimum absolute atomic E-state index is 0.202. The largest absolute Gasteiger partial charge is 0.435 e. The van der Waals surface area contributed by atoms with Crippen LogP contribution < -0.4 is 5.32 Å². The van der Waals surface area contributed by atoms with Gasteiger partial charge in [0.2, 0.25) is 0 Å². The summed E-state index contributed by atoms with van der Waals surface area (Å²) >= 11 is 0. The van der Waals surface area contributed by atoms with Crippen molar-refractivity contribution in [2.75, 3.05) is 5.32 Å². The van der Waals surface area contributed by atoms with Crippen LogP contribution in [-0.2, 0) is 6.18 Å². The van der Waals surface area contributed by atoms with Gasteiger partial charge in [0.25, 0.3) is 0 Å². The van der Waals surface area contributed by atoms with E-state index in [0.29, 0.717) is 0 Å². The van der Waals surface area contributed by atoms with Crippen molar-refractivity contribution in [3.8, 4) is 0 Å². The average Bonchev–Trinajstić information content (AvgIpc) is 2.73. The number of aliphatic hydroxyl groups is 1. The van der Waals surface area contributed by atoms with E-state index in [2.05, 4.69) is 15.4 Å². The molecule has 0 spiro atoms. The Bertz CT molecular complexity index is 619. The molecule has 0 aliphatic rings. The second kappa shape index (κ2) is 4.62. The van der Waals surface area contributed by atoms with Gasteiger partial charge in [-0.15, -0.1) is 0 Å². The summed E-state index contributed by atoms with van der Waals surface area (Å²) in [7, 11) is 0. The number of hydrogen-bond donors (Lipinski definition) is 2. The zero-order chi connectivity index (χ0) is 15.1. The molecular formula is C12H15F3N4O. The standard InChI is InChI=1S/C12H15F3N4O/c1-7(20)11(2,3)17-10-8-6-9(12(13,14)15)18-19(8)5-4-16-10/h4-7,20H,1-3H3,(H,16,17). The molecule has 1 atom stereocenters. The van der Waals surface area contributed by atoms with E-state index in [0.717, 1.165) is 10.6 Å². The van der Waals surface area contributed by atoms with Crippen LogP contribution in [-0.4, -0.2) is 31.3 Å². The molecule has 0 fully saturated rings. The van der Waals surface area contributed by atoms with Crippen molar-refractivity contribution < 1.29 is 18.3 Å². The van der Waals surface area contributed by atoms with Crippen LogP contribution in [0.3, 0.4) is 0 Å². The van der Waals surface area contributed by atoms with Crippen molar-refractivity contribution in [2.45, 2.75) is 38.6 Å². The van der Waals surface area contributed by atoms with Gasteiger partial charge in [0.15, 0.2) is 11.5 Å². The van der Waals surface area contributed by atoms with Gasteiger partial charge in [-0.1, -0.05) is 0 Å². The first kappa shape index (κ1) is 14.6. The number of anilines is 1. The molecule has 0 radical (unpaired) electrons. The highest BCUT2D eigenvalue weighted by Crippen LogP contribution is 2.30. The summed E-state index contributed by atoms with van der Waals surface area (Å²) in [5.74, 6) is 0.237. The second-order valence-corrected chi connectivity index (χ2v) is 5.16. The Labute approximate surface area is 113 Å². The molecule has 0 saturated carbocycles. The highest BCUT2D eigenvalue weighted by Gasteiger charge is 2.35. The molecule has 2 aromatic rings. The van der Waals surface area contributed by atoms with Crippen LogP contribution in [0.4, 0.5) is 19.0 Å². The first-order valence-corrected chi connectivity index (χ1v) is 5.99. The van der Waals surface area contributed by atoms with Crippen molar-refractivity contribution in [2.24, 2.45) is 0 Å². The van der Waals surface area contributed by atoms with Gasteiger partial charge in [0, 0.05) is 18.5 Å². The topological polar surface area (TPSA) is 62.5 Å². The molecule has 2 aromatic heterocycles. The minimum Gasteiger partial charge on any atom is -0.391 e. The van der Waals surface area contributed by atoms with E-state index in [1.165, 1.54) is 12.4 Å². The highest BCUT2D eigenvalue weighted by molar-refractivity contribution is 5.68. The van der Waals surface area contributed by atoms with Crippen molar-refractivity contribution in [1.82, 2.24) is 14.6 Å². The molecule has 0 saturated heterocycles. The first-order valence-electron chi connectivity index (χ1n) is 5.99. The summed E-state index contributed by atoms with van der Waals surface area (Å²) in [6.07, 6.45) is -2.54. The molecule has 2 rings (SSSR count). The fraction of sp³-hybridized carbons (Fsp3) is 0.500. The van der Waals surface area contributed by atoms with Crippen LogP contribution in [0.5, 0.6) is 0 Å². The summed E-state index contributed by atoms with van der Waals surface area (Å²) < 4.78 is 39.1. The number of halogens is 3. The van der Waals surface area contributed by atoms with E-state index in [9.17, 15) is 18.3 Å². The minimum atomic E-state index is -4.51. The first-order chi connectivity index (χ1) is 9.11. The molecule has 0 aliphatic carbocycles. The molecule has 0 aliphatic heterocycles. The third-order valence-electron chi connectivity index (χ3n) is 3.17. The van der Waals surface area contributed by atoms with E-state index in [-0.39, 0.29) is 11.3 Å². The number of rotatable bonds is 3. The number of hydrogen-bond acceptors (Lipinski definition) is 4. The van der Waals surface area contributed by atoms with Gasteiger partial charge in [-0.25, -0.2) is 9.50 Å². The lowest BCUT2D eigenvalue weighted by molar-refractivity contribution is -0.141. The van der Waals surface area contributed by atoms with E-state index >= 15 is 0 Å². The maximum atomic E-state index is 12.7. The zero-order valence-electron chi connectivity index (χ0n) is 11.2. The third kappa shape index (κ3) is 2.69. The van der Waals surface area contributed by atoms with Gasteiger partial charge in [-0.2, -0.15) is 18.3 Å². The van der Waals surface area contributed by atoms with Gasteiger partial charge >= 0.3 is 6.18 Å². The van der Waals surface area contributed by atoms with Crippen LogP contribution in [0.2, 0.25) is 0 Å². The number of aliphatic hydroxyl groups excluding tert-OH is 1. The predicted molar refractivity (Wildman–Crippen MR) is 67.4 cm³/mol. The number of aromatic nitrogens is 3. The summed E-state index contributed by atoms with van der Waals surface area (Å²) in [6.45, 7) is 5.04. The fourth-order valence-corrected chi connectivity index (χ4v) is 1.57. The Balaban J connectivity index is 2.47. The Morgan fingerprint density at radius 3 is 2.55 bits per heavy atom. The van der Waals surface area contributed by atoms with Gasteiger partial charge in [-0.3, -0.25) is 0 Å². The summed E-state index contributed by atoms with van der Waals surface area (Å²) in [5, 5.41) is 16.1. The smallest absolute Gasteiger partial charge is 0.391 e. The van der Waals surface area contributed by atoms with Crippen LogP contribution in [0.15, 0.2) is 18.5 Å². The van der Waals surface area contributed by atoms with Crippen LogP contribution >= 0.6 is 0 Å². The Morgan fingerprint density at radius 1 is 1.35 bits per heavy atom. The van der Waals surface area contributed by atoms with Crippen LogP contribution in [0.25, 0.3) is 5.52 Å². The summed E-state index contributed by atoms with van der Waals surface area (Å²) in [5.41, 5.74) is -1.52. The van der Waals surface area contributed by atoms with Gasteiger partial charge in [0.1, 0.15) is 5.52 Å². The summed E-state index contributed by atoms with van der Waals surface area (Å²) in [4.78, 5) is 4.02. The fourth-order valence-electron chi connectivity index (χ4n) is 1.57. The molecule has 2 heterocycles. The molecule has 110 valence electrons. The second-order valence-electron chi connectivity index (χ2n) is 5.16. The Morgan fingerprint density at radius 2 is 2.00 bits per heavy atom. The number of nitrogens with one attached hydrogen (secondary N) is 1. The quantitative estimate of drug-likeness (QED) is 0.910. The van der Waals surface area contributed by atoms with E-state index in [1.807, 2.05) is 0 Å². The lowest BCUT2D eigenvalue weighted by Crippen LogP contribution is -2.42. The van der Waals surface area contributed by atoms with Crippen molar-refractivity contribution >= 4 is 11.3 Å². The monoisotopic (exact) mass is 288 g/mol. The van der Waals surface area contributed by atoms with Gasteiger partial charge < -0.3 is 10.4 Å². The van der Waals surface area contributed by atoms with Crippen molar-refractivity contribution in [3.63, 3.8) is 0 Å². The maximum Gasteiger partial charge on any atom is 0.435 e. The van der Waals surface area contributed by atoms with Crippen molar-refractivity contribution in [3.05, 3.63) is 24.2 Å². The van der Waals surface area contributed by atoms with E-state index < -0.39 is 23.5 Å². The lowest BCUT2D eigenvalue weighted by Gasteiger charge is -2.30. The Kier molecular flexibility index (Phi) is 3.37. The molecule has 2 N–H and O–H groups in total. The normalized spacial score (nSPS) is 14.6. The number of nitrogens with zero attached hydrogens (tertiary/aromatic N) is 3. The van der Waals surface area contributed by atoms with Gasteiger partial charge in [0.05, 0.1) is 11.6 Å². The summed E-state index contributed by atoms with van der Waals surface area (Å²) in [6, 6.07) is 0.924. The van der Waals surface area contributed by atoms with Gasteiger partial charge in [-0.05, 0) is 20.8 Å². The lowest BCUT2D eigenvalue weighted by atomic mass is 9.99. The van der Waals surface area contributed by atoms with E-state index in [1.54, 1.807) is 20.8 Å². The van der Waals surface area contributed by atoms with E-state index in [4.69, 9.17) is 0 Å². The Hall–Kier alpha value is -1.83. The van der Waals surface area contributed by atoms with Crippen molar-refractivity contribution in [1.29, 1.82) is 0 Å². The third-order valence-corrected chi connectivity index (χ3v) is 3.17. The average molecular weight is 288 g/mol. The predicted octanol–water partition coefficient (Wildman–Crippen LogP) is 2.32. The number of fused-ring (bicyclic) bond motifs is 1. The SMILES string of the molecule is CC(O)C(C)(C)Nc1nccn2nc(C(F)(F)F)cc12. The molecule has 0 amide bonds. The molecule has 0 bridgehead atoms. The van der Waals surface area contributed by atoms with Crippen LogP contribution in [0, 0.1) is 0 Å². The molecule has 20 heavy (non-hydrogen) atoms. The number of alkyl halides is 3. The molecule has 8 heteroatoms. The highest BCUT2D eigenvalue weighted by atomic mass is 19.4. The molecular weight excluding hydrogens is 273 g/mol. The maximum absolute atomic E-state index is 12.7. The zero-order valence-corrected chi connectivity index (χ0v) is 11.2. The van der Waals surface area contributed by atoms with Crippen LogP contribution in [0.1, 0.15) is 26.5 Å². The molecule has 5 nitrogen and oxygen atoms in total.